The van der Waals surface area contributed by atoms with Crippen molar-refractivity contribution in [1.29, 1.82) is 0 Å². The van der Waals surface area contributed by atoms with E-state index in [1.54, 1.807) is 4.90 Å². The van der Waals surface area contributed by atoms with Crippen molar-refractivity contribution in [2.75, 3.05) is 13.7 Å². The van der Waals surface area contributed by atoms with Crippen molar-refractivity contribution in [2.45, 2.75) is 65.9 Å². The predicted octanol–water partition coefficient (Wildman–Crippen LogP) is 6.09. The standard InChI is InChI=1S/C31H36N2O5/c1-20-12-14-23(15-13-20)27-24-18-33(30(35)37-19-22-10-8-7-9-11-22)17-16-25(24)32-21(2)26(27)28(29(34)36-6)38-31(3,4)5/h7-15,28H,16-19H2,1-6H3. The van der Waals surface area contributed by atoms with E-state index in [1.165, 1.54) is 7.11 Å². The number of carbonyl (C=O) groups excluding carboxylic acids is 2. The van der Waals surface area contributed by atoms with Gasteiger partial charge in [-0.25, -0.2) is 9.59 Å². The second-order valence-electron chi connectivity index (χ2n) is 10.6. The summed E-state index contributed by atoms with van der Waals surface area (Å²) in [5.41, 5.74) is 6.39. The van der Waals surface area contributed by atoms with Crippen molar-refractivity contribution < 1.29 is 23.8 Å². The third kappa shape index (κ3) is 6.22. The number of esters is 1. The van der Waals surface area contributed by atoms with Gasteiger partial charge in [0.2, 0.25) is 0 Å². The van der Waals surface area contributed by atoms with Gasteiger partial charge in [0.05, 0.1) is 19.3 Å². The van der Waals surface area contributed by atoms with E-state index in [4.69, 9.17) is 19.2 Å². The number of benzene rings is 2. The summed E-state index contributed by atoms with van der Waals surface area (Å²) in [6.45, 7) is 10.7. The SMILES string of the molecule is COC(=O)C(OC(C)(C)C)c1c(C)nc2c(c1-c1ccc(C)cc1)CN(C(=O)OCc1ccccc1)CC2. The van der Waals surface area contributed by atoms with E-state index in [9.17, 15) is 9.59 Å². The number of hydrogen-bond acceptors (Lipinski definition) is 6. The number of hydrogen-bond donors (Lipinski definition) is 0. The highest BCUT2D eigenvalue weighted by Gasteiger charge is 2.36. The van der Waals surface area contributed by atoms with Gasteiger partial charge in [0, 0.05) is 35.5 Å². The molecule has 7 nitrogen and oxygen atoms in total. The Bertz CT molecular complexity index is 1300. The molecule has 2 heterocycles. The van der Waals surface area contributed by atoms with E-state index < -0.39 is 17.7 Å². The first kappa shape index (κ1) is 27.3. The van der Waals surface area contributed by atoms with Crippen LogP contribution in [0.1, 0.15) is 60.5 Å². The van der Waals surface area contributed by atoms with Gasteiger partial charge in [0.25, 0.3) is 0 Å². The summed E-state index contributed by atoms with van der Waals surface area (Å²) in [7, 11) is 1.36. The monoisotopic (exact) mass is 516 g/mol. The van der Waals surface area contributed by atoms with E-state index in [1.807, 2.05) is 89.2 Å². The molecule has 0 spiro atoms. The third-order valence-electron chi connectivity index (χ3n) is 6.53. The molecule has 0 bridgehead atoms. The molecule has 0 radical (unpaired) electrons. The van der Waals surface area contributed by atoms with Crippen molar-refractivity contribution in [3.63, 3.8) is 0 Å². The molecule has 7 heteroatoms. The first-order valence-corrected chi connectivity index (χ1v) is 12.9. The van der Waals surface area contributed by atoms with E-state index in [-0.39, 0.29) is 12.7 Å². The predicted molar refractivity (Wildman–Crippen MR) is 145 cm³/mol. The van der Waals surface area contributed by atoms with Crippen LogP contribution in [0.15, 0.2) is 54.6 Å². The van der Waals surface area contributed by atoms with E-state index in [0.717, 1.165) is 33.5 Å². The molecule has 1 aliphatic heterocycles. The third-order valence-corrected chi connectivity index (χ3v) is 6.53. The smallest absolute Gasteiger partial charge is 0.410 e. The molecule has 1 aromatic heterocycles. The van der Waals surface area contributed by atoms with Gasteiger partial charge in [-0.2, -0.15) is 0 Å². The van der Waals surface area contributed by atoms with Gasteiger partial charge in [0.15, 0.2) is 6.10 Å². The Kier molecular flexibility index (Phi) is 8.17. The zero-order valence-corrected chi connectivity index (χ0v) is 23.0. The molecule has 4 rings (SSSR count). The molecular weight excluding hydrogens is 480 g/mol. The van der Waals surface area contributed by atoms with Crippen LogP contribution in [-0.4, -0.2) is 41.2 Å². The van der Waals surface area contributed by atoms with Gasteiger partial charge < -0.3 is 19.1 Å². The Morgan fingerprint density at radius 2 is 1.71 bits per heavy atom. The Balaban J connectivity index is 1.78. The number of rotatable bonds is 6. The molecule has 3 aromatic rings. The van der Waals surface area contributed by atoms with Crippen LogP contribution in [0, 0.1) is 13.8 Å². The second-order valence-corrected chi connectivity index (χ2v) is 10.6. The maximum atomic E-state index is 13.1. The highest BCUT2D eigenvalue weighted by molar-refractivity contribution is 5.84. The topological polar surface area (TPSA) is 78.0 Å². The number of aryl methyl sites for hydroxylation is 2. The quantitative estimate of drug-likeness (QED) is 0.369. The molecule has 1 amide bonds. The Morgan fingerprint density at radius 1 is 1.03 bits per heavy atom. The maximum absolute atomic E-state index is 13.1. The maximum Gasteiger partial charge on any atom is 0.410 e. The highest BCUT2D eigenvalue weighted by atomic mass is 16.6. The molecule has 2 aromatic carbocycles. The summed E-state index contributed by atoms with van der Waals surface area (Å²) in [4.78, 5) is 32.8. The van der Waals surface area contributed by atoms with Crippen molar-refractivity contribution in [3.8, 4) is 11.1 Å². The molecule has 1 aliphatic rings. The van der Waals surface area contributed by atoms with Gasteiger partial charge in [-0.15, -0.1) is 0 Å². The lowest BCUT2D eigenvalue weighted by Crippen LogP contribution is -2.38. The summed E-state index contributed by atoms with van der Waals surface area (Å²) in [5.74, 6) is -0.493. The van der Waals surface area contributed by atoms with Crippen LogP contribution < -0.4 is 0 Å². The van der Waals surface area contributed by atoms with Crippen molar-refractivity contribution in [3.05, 3.63) is 88.2 Å². The van der Waals surface area contributed by atoms with Crippen LogP contribution in [0.3, 0.4) is 0 Å². The molecule has 0 fully saturated rings. The molecule has 0 saturated heterocycles. The average molecular weight is 517 g/mol. The van der Waals surface area contributed by atoms with Crippen LogP contribution in [0.4, 0.5) is 4.79 Å². The molecule has 0 aliphatic carbocycles. The number of nitrogens with zero attached hydrogens (tertiary/aromatic N) is 2. The lowest BCUT2D eigenvalue weighted by molar-refractivity contribution is -0.164. The minimum absolute atomic E-state index is 0.203. The number of aromatic nitrogens is 1. The van der Waals surface area contributed by atoms with Gasteiger partial charge >= 0.3 is 12.1 Å². The summed E-state index contributed by atoms with van der Waals surface area (Å²) < 4.78 is 17.1. The van der Waals surface area contributed by atoms with E-state index in [2.05, 4.69) is 0 Å². The minimum atomic E-state index is -0.977. The summed E-state index contributed by atoms with van der Waals surface area (Å²) in [6.07, 6.45) is -0.778. The van der Waals surface area contributed by atoms with Gasteiger partial charge in [-0.05, 0) is 51.3 Å². The molecule has 1 unspecified atom stereocenters. The molecule has 1 atom stereocenters. The minimum Gasteiger partial charge on any atom is -0.467 e. The molecular formula is C31H36N2O5. The summed E-state index contributed by atoms with van der Waals surface area (Å²) in [5, 5.41) is 0. The fourth-order valence-corrected chi connectivity index (χ4v) is 4.73. The molecule has 0 N–H and O–H groups in total. The fraction of sp³-hybridized carbons (Fsp3) is 0.387. The number of ether oxygens (including phenoxy) is 3. The first-order chi connectivity index (χ1) is 18.1. The highest BCUT2D eigenvalue weighted by Crippen LogP contribution is 2.40. The number of methoxy groups -OCH3 is 1. The zero-order valence-electron chi connectivity index (χ0n) is 23.0. The summed E-state index contributed by atoms with van der Waals surface area (Å²) in [6, 6.07) is 17.8. The largest absolute Gasteiger partial charge is 0.467 e. The normalized spacial score (nSPS) is 14.0. The molecule has 200 valence electrons. The van der Waals surface area contributed by atoms with Gasteiger partial charge in [-0.3, -0.25) is 4.98 Å². The van der Waals surface area contributed by atoms with Crippen molar-refractivity contribution >= 4 is 12.1 Å². The number of carbonyl (C=O) groups is 2. The summed E-state index contributed by atoms with van der Waals surface area (Å²) >= 11 is 0. The van der Waals surface area contributed by atoms with Crippen LogP contribution in [0.25, 0.3) is 11.1 Å². The Labute approximate surface area is 224 Å². The van der Waals surface area contributed by atoms with Crippen LogP contribution in [0.2, 0.25) is 0 Å². The Morgan fingerprint density at radius 3 is 2.34 bits per heavy atom. The lowest BCUT2D eigenvalue weighted by Gasteiger charge is -2.33. The van der Waals surface area contributed by atoms with E-state index >= 15 is 0 Å². The second kappa shape index (κ2) is 11.4. The fourth-order valence-electron chi connectivity index (χ4n) is 4.73. The molecule has 38 heavy (non-hydrogen) atoms. The van der Waals surface area contributed by atoms with E-state index in [0.29, 0.717) is 30.8 Å². The van der Waals surface area contributed by atoms with Crippen LogP contribution in [0.5, 0.6) is 0 Å². The Hall–Kier alpha value is -3.71. The first-order valence-electron chi connectivity index (χ1n) is 12.9. The number of pyridine rings is 1. The molecule has 0 saturated carbocycles. The zero-order chi connectivity index (χ0) is 27.4. The van der Waals surface area contributed by atoms with Crippen molar-refractivity contribution in [2.24, 2.45) is 0 Å². The van der Waals surface area contributed by atoms with Crippen LogP contribution >= 0.6 is 0 Å². The lowest BCUT2D eigenvalue weighted by atomic mass is 9.87. The number of amides is 1. The van der Waals surface area contributed by atoms with Crippen molar-refractivity contribution in [1.82, 2.24) is 9.88 Å². The van der Waals surface area contributed by atoms with Gasteiger partial charge in [-0.1, -0.05) is 60.2 Å². The van der Waals surface area contributed by atoms with Crippen LogP contribution in [-0.2, 0) is 38.6 Å². The number of fused-ring (bicyclic) bond motifs is 1. The average Bonchev–Trinajstić information content (AvgIpc) is 2.89. The van der Waals surface area contributed by atoms with Gasteiger partial charge in [0.1, 0.15) is 6.61 Å².